The minimum Gasteiger partial charge on any atom is -0.394 e. The monoisotopic (exact) mass is 161 g/mol. The number of hydrogen-bond acceptors (Lipinski definition) is 3. The molecule has 3 N–H and O–H groups in total. The summed E-state index contributed by atoms with van der Waals surface area (Å²) in [6.45, 7) is 5.17. The van der Waals surface area contributed by atoms with Gasteiger partial charge in [0.25, 0.3) is 0 Å². The molecule has 0 aliphatic carbocycles. The van der Waals surface area contributed by atoms with Crippen molar-refractivity contribution in [3.63, 3.8) is 0 Å². The van der Waals surface area contributed by atoms with Crippen LogP contribution >= 0.6 is 0 Å². The Balaban J connectivity index is 2.57. The summed E-state index contributed by atoms with van der Waals surface area (Å²) in [7, 11) is 0. The largest absolute Gasteiger partial charge is 0.394 e. The predicted molar refractivity (Wildman–Crippen MR) is 37.5 cm³/mol. The molecule has 1 fully saturated rings. The minimum atomic E-state index is -1.25. The van der Waals surface area contributed by atoms with E-state index in [1.165, 1.54) is 0 Å². The highest BCUT2D eigenvalue weighted by Gasteiger charge is 2.41. The Morgan fingerprint density at radius 1 is 1.64 bits per heavy atom. The standard InChI is InChI=1S/C7H12FNO2/c1-4-7(8)5(2-9)6(3-10)11-4/h1,4-7,10H,2-3,9H2/t4-,5-,6+,7?/m0/s1. The summed E-state index contributed by atoms with van der Waals surface area (Å²) in [6, 6.07) is 0. The molecular weight excluding hydrogens is 149 g/mol. The van der Waals surface area contributed by atoms with Crippen LogP contribution in [0.15, 0.2) is 0 Å². The molecule has 64 valence electrons. The van der Waals surface area contributed by atoms with Gasteiger partial charge in [-0.15, -0.1) is 0 Å². The molecule has 1 rings (SSSR count). The summed E-state index contributed by atoms with van der Waals surface area (Å²) in [6.07, 6.45) is -2.72. The van der Waals surface area contributed by atoms with E-state index in [1.54, 1.807) is 0 Å². The molecule has 1 saturated heterocycles. The molecule has 11 heavy (non-hydrogen) atoms. The number of aliphatic hydroxyl groups is 1. The lowest BCUT2D eigenvalue weighted by Crippen LogP contribution is -2.32. The Bertz CT molecular complexity index is 134. The Morgan fingerprint density at radius 3 is 2.64 bits per heavy atom. The van der Waals surface area contributed by atoms with E-state index >= 15 is 0 Å². The molecule has 0 amide bonds. The summed E-state index contributed by atoms with van der Waals surface area (Å²) >= 11 is 0. The maximum absolute atomic E-state index is 13.0. The second kappa shape index (κ2) is 3.47. The lowest BCUT2D eigenvalue weighted by Gasteiger charge is -2.13. The van der Waals surface area contributed by atoms with E-state index in [4.69, 9.17) is 22.5 Å². The van der Waals surface area contributed by atoms with Crippen LogP contribution in [0.4, 0.5) is 4.39 Å². The van der Waals surface area contributed by atoms with Crippen molar-refractivity contribution >= 4 is 0 Å². The molecule has 4 atom stereocenters. The average Bonchev–Trinajstić information content (AvgIpc) is 2.28. The summed E-state index contributed by atoms with van der Waals surface area (Å²) in [5, 5.41) is 8.70. The molecule has 1 aliphatic heterocycles. The quantitative estimate of drug-likeness (QED) is 0.567. The summed E-state index contributed by atoms with van der Waals surface area (Å²) in [4.78, 5) is 0. The van der Waals surface area contributed by atoms with Crippen LogP contribution in [0.1, 0.15) is 0 Å². The fourth-order valence-electron chi connectivity index (χ4n) is 1.29. The maximum atomic E-state index is 13.0. The van der Waals surface area contributed by atoms with Gasteiger partial charge in [-0.1, -0.05) is 0 Å². The third-order valence-corrected chi connectivity index (χ3v) is 1.98. The fraction of sp³-hybridized carbons (Fsp3) is 0.857. The summed E-state index contributed by atoms with van der Waals surface area (Å²) in [5.74, 6) is -0.463. The van der Waals surface area contributed by atoms with Gasteiger partial charge in [-0.2, -0.15) is 0 Å². The Kier molecular flexibility index (Phi) is 2.81. The molecule has 3 nitrogen and oxygen atoms in total. The van der Waals surface area contributed by atoms with E-state index in [1.807, 2.05) is 0 Å². The average molecular weight is 161 g/mol. The third-order valence-electron chi connectivity index (χ3n) is 1.98. The highest BCUT2D eigenvalue weighted by Crippen LogP contribution is 2.27. The maximum Gasteiger partial charge on any atom is 0.133 e. The van der Waals surface area contributed by atoms with Crippen LogP contribution in [0, 0.1) is 12.8 Å². The molecule has 1 aliphatic rings. The second-order valence-corrected chi connectivity index (χ2v) is 2.67. The van der Waals surface area contributed by atoms with Crippen LogP contribution in [0.5, 0.6) is 0 Å². The Hall–Kier alpha value is -0.190. The Labute approximate surface area is 65.3 Å². The van der Waals surface area contributed by atoms with Crippen molar-refractivity contribution in [1.82, 2.24) is 0 Å². The highest BCUT2D eigenvalue weighted by atomic mass is 19.1. The van der Waals surface area contributed by atoms with Crippen molar-refractivity contribution in [2.24, 2.45) is 11.7 Å². The molecule has 0 aromatic heterocycles. The zero-order valence-corrected chi connectivity index (χ0v) is 6.11. The van der Waals surface area contributed by atoms with Crippen LogP contribution in [0.2, 0.25) is 0 Å². The third kappa shape index (κ3) is 1.52. The molecule has 0 bridgehead atoms. The van der Waals surface area contributed by atoms with Crippen molar-refractivity contribution in [2.75, 3.05) is 13.2 Å². The van der Waals surface area contributed by atoms with Gasteiger partial charge in [-0.25, -0.2) is 4.39 Å². The van der Waals surface area contributed by atoms with Gasteiger partial charge in [0.15, 0.2) is 0 Å². The molecule has 1 heterocycles. The number of nitrogens with two attached hydrogens (primary N) is 1. The summed E-state index contributed by atoms with van der Waals surface area (Å²) in [5.41, 5.74) is 5.27. The first-order valence-electron chi connectivity index (χ1n) is 3.56. The molecule has 0 aromatic carbocycles. The smallest absolute Gasteiger partial charge is 0.133 e. The number of halogens is 1. The van der Waals surface area contributed by atoms with Gasteiger partial charge in [-0.05, 0) is 6.92 Å². The number of hydrogen-bond donors (Lipinski definition) is 2. The second-order valence-electron chi connectivity index (χ2n) is 2.67. The zero-order chi connectivity index (χ0) is 8.43. The molecular formula is C7H12FNO2. The minimum absolute atomic E-state index is 0.153. The van der Waals surface area contributed by atoms with Gasteiger partial charge in [0.1, 0.15) is 6.17 Å². The molecule has 1 unspecified atom stereocenters. The number of aliphatic hydroxyl groups excluding tert-OH is 1. The van der Waals surface area contributed by atoms with Crippen LogP contribution < -0.4 is 5.73 Å². The van der Waals surface area contributed by atoms with Gasteiger partial charge >= 0.3 is 0 Å². The van der Waals surface area contributed by atoms with E-state index in [0.29, 0.717) is 0 Å². The lowest BCUT2D eigenvalue weighted by atomic mass is 9.98. The fourth-order valence-corrected chi connectivity index (χ4v) is 1.29. The highest BCUT2D eigenvalue weighted by molar-refractivity contribution is 4.91. The zero-order valence-electron chi connectivity index (χ0n) is 6.11. The molecule has 0 spiro atoms. The van der Waals surface area contributed by atoms with Gasteiger partial charge in [0.2, 0.25) is 0 Å². The van der Waals surface area contributed by atoms with Gasteiger partial charge in [0.05, 0.1) is 18.8 Å². The van der Waals surface area contributed by atoms with E-state index in [9.17, 15) is 4.39 Å². The van der Waals surface area contributed by atoms with Crippen molar-refractivity contribution in [3.8, 4) is 0 Å². The molecule has 4 heteroatoms. The van der Waals surface area contributed by atoms with Crippen LogP contribution in [0.3, 0.4) is 0 Å². The first-order valence-corrected chi connectivity index (χ1v) is 3.56. The van der Waals surface area contributed by atoms with Crippen molar-refractivity contribution in [1.29, 1.82) is 0 Å². The van der Waals surface area contributed by atoms with Crippen LogP contribution in [-0.4, -0.2) is 36.6 Å². The van der Waals surface area contributed by atoms with E-state index in [2.05, 4.69) is 0 Å². The van der Waals surface area contributed by atoms with Crippen LogP contribution in [-0.2, 0) is 4.74 Å². The number of ether oxygens (including phenoxy) is 1. The SMILES string of the molecule is [CH][C@@H]1O[C@H](CO)[C@H](CN)C1F. The van der Waals surface area contributed by atoms with Crippen LogP contribution in [0.25, 0.3) is 0 Å². The molecule has 0 saturated carbocycles. The van der Waals surface area contributed by atoms with E-state index in [-0.39, 0.29) is 13.2 Å². The molecule has 0 aromatic rings. The van der Waals surface area contributed by atoms with Crippen molar-refractivity contribution in [3.05, 3.63) is 6.92 Å². The van der Waals surface area contributed by atoms with E-state index < -0.39 is 24.3 Å². The number of rotatable bonds is 2. The van der Waals surface area contributed by atoms with Crippen molar-refractivity contribution < 1.29 is 14.2 Å². The lowest BCUT2D eigenvalue weighted by molar-refractivity contribution is 0.0140. The normalized spacial score (nSPS) is 44.7. The van der Waals surface area contributed by atoms with Gasteiger partial charge in [-0.3, -0.25) is 0 Å². The first-order chi connectivity index (χ1) is 5.20. The summed E-state index contributed by atoms with van der Waals surface area (Å²) < 4.78 is 17.9. The predicted octanol–water partition coefficient (Wildman–Crippen LogP) is -0.630. The van der Waals surface area contributed by atoms with E-state index in [0.717, 1.165) is 0 Å². The Morgan fingerprint density at radius 2 is 2.27 bits per heavy atom. The topological polar surface area (TPSA) is 55.5 Å². The number of alkyl halides is 1. The first kappa shape index (κ1) is 8.90. The van der Waals surface area contributed by atoms with Gasteiger partial charge in [0, 0.05) is 12.5 Å². The van der Waals surface area contributed by atoms with Crippen molar-refractivity contribution in [2.45, 2.75) is 18.4 Å². The molecule has 2 radical (unpaired) electrons. The van der Waals surface area contributed by atoms with Gasteiger partial charge < -0.3 is 15.6 Å².